The molecule has 322 valence electrons. The lowest BCUT2D eigenvalue weighted by Crippen LogP contribution is -2.39. The molecule has 1 aromatic heterocycles. The molecule has 0 saturated carbocycles. The SMILES string of the molecule is CCOc1c(O)n(C(C(=O)Nc2cc(NC(=O)C(CC)Oc3ccc(C(C)(C)CC)cc3C(C)(C)CC)ccc2Cl)C(=O)c2ccc(C=O)cc2)c(=O)n1Cc1ccccc1. The van der Waals surface area contributed by atoms with Crippen LogP contribution in [0.5, 0.6) is 17.5 Å². The van der Waals surface area contributed by atoms with Crippen molar-refractivity contribution < 1.29 is 33.8 Å². The van der Waals surface area contributed by atoms with E-state index in [0.29, 0.717) is 28.6 Å². The van der Waals surface area contributed by atoms with Crippen molar-refractivity contribution in [1.82, 2.24) is 9.13 Å². The molecule has 12 nitrogen and oxygen atoms in total. The number of aldehydes is 1. The third-order valence-corrected chi connectivity index (χ3v) is 11.7. The molecule has 61 heavy (non-hydrogen) atoms. The summed E-state index contributed by atoms with van der Waals surface area (Å²) in [7, 11) is 0. The van der Waals surface area contributed by atoms with Crippen molar-refractivity contribution in [3.8, 4) is 17.5 Å². The lowest BCUT2D eigenvalue weighted by molar-refractivity contribution is -0.123. The third kappa shape index (κ3) is 10.3. The first-order valence-corrected chi connectivity index (χ1v) is 20.9. The number of nitrogens with one attached hydrogen (secondary N) is 2. The van der Waals surface area contributed by atoms with Crippen LogP contribution in [0.2, 0.25) is 5.02 Å². The maximum atomic E-state index is 14.4. The third-order valence-electron chi connectivity index (χ3n) is 11.3. The second-order valence-corrected chi connectivity index (χ2v) is 16.6. The van der Waals surface area contributed by atoms with Crippen molar-refractivity contribution in [2.24, 2.45) is 0 Å². The smallest absolute Gasteiger partial charge is 0.335 e. The lowest BCUT2D eigenvalue weighted by Gasteiger charge is -2.31. The van der Waals surface area contributed by atoms with Gasteiger partial charge in [-0.05, 0) is 72.4 Å². The lowest BCUT2D eigenvalue weighted by atomic mass is 9.76. The van der Waals surface area contributed by atoms with Gasteiger partial charge in [-0.3, -0.25) is 23.7 Å². The maximum Gasteiger partial charge on any atom is 0.335 e. The standard InChI is InChI=1S/C48H55ClN4O8/c1-9-38(61-39-25-22-33(47(5,6)10-2)26-35(39)48(7,8)11-3)42(56)50-34-23-24-36(49)37(27-34)51-43(57)40(41(55)32-20-18-31(29-54)19-21-32)53-44(58)45(60-12-4)52(46(53)59)28-30-16-14-13-15-17-30/h13-27,29,38,40,58H,9-12,28H2,1-8H3,(H,50,56)(H,51,57). The number of carbonyl (C=O) groups is 4. The summed E-state index contributed by atoms with van der Waals surface area (Å²) in [6.45, 7) is 16.5. The summed E-state index contributed by atoms with van der Waals surface area (Å²) in [5.41, 5.74) is 2.25. The fraction of sp³-hybridized carbons (Fsp3) is 0.354. The average molecular weight is 851 g/mol. The van der Waals surface area contributed by atoms with Gasteiger partial charge in [0, 0.05) is 22.4 Å². The van der Waals surface area contributed by atoms with Crippen molar-refractivity contribution >= 4 is 46.9 Å². The number of carbonyl (C=O) groups excluding carboxylic acids is 4. The fourth-order valence-electron chi connectivity index (χ4n) is 6.76. The van der Waals surface area contributed by atoms with E-state index in [-0.39, 0.29) is 57.4 Å². The van der Waals surface area contributed by atoms with E-state index in [1.165, 1.54) is 42.0 Å². The minimum atomic E-state index is -1.98. The highest BCUT2D eigenvalue weighted by molar-refractivity contribution is 6.34. The van der Waals surface area contributed by atoms with E-state index in [9.17, 15) is 29.1 Å². The van der Waals surface area contributed by atoms with Crippen LogP contribution in [0.4, 0.5) is 11.4 Å². The van der Waals surface area contributed by atoms with E-state index in [0.717, 1.165) is 23.0 Å². The summed E-state index contributed by atoms with van der Waals surface area (Å²) in [6.07, 6.45) is 1.87. The Hall–Kier alpha value is -6.14. The number of amides is 2. The van der Waals surface area contributed by atoms with Gasteiger partial charge in [0.1, 0.15) is 12.0 Å². The quantitative estimate of drug-likeness (QED) is 0.0421. The Kier molecular flexibility index (Phi) is 14.7. The van der Waals surface area contributed by atoms with Crippen molar-refractivity contribution in [3.05, 3.63) is 134 Å². The van der Waals surface area contributed by atoms with Gasteiger partial charge in [0.15, 0.2) is 17.9 Å². The monoisotopic (exact) mass is 850 g/mol. The number of aromatic hydroxyl groups is 1. The first-order valence-electron chi connectivity index (χ1n) is 20.5. The normalized spacial score (nSPS) is 12.6. The number of benzene rings is 4. The number of halogens is 1. The van der Waals surface area contributed by atoms with Crippen LogP contribution < -0.4 is 25.8 Å². The highest BCUT2D eigenvalue weighted by Gasteiger charge is 2.37. The molecule has 0 aliphatic carbocycles. The van der Waals surface area contributed by atoms with E-state index in [4.69, 9.17) is 21.1 Å². The summed E-state index contributed by atoms with van der Waals surface area (Å²) in [4.78, 5) is 68.1. The van der Waals surface area contributed by atoms with Crippen LogP contribution in [0.15, 0.2) is 95.8 Å². The van der Waals surface area contributed by atoms with Gasteiger partial charge in [0.2, 0.25) is 0 Å². The minimum Gasteiger partial charge on any atom is -0.491 e. The first kappa shape index (κ1) is 45.9. The van der Waals surface area contributed by atoms with Crippen LogP contribution in [-0.2, 0) is 27.0 Å². The number of Topliss-reactive ketones (excluding diaryl/α,β-unsaturated/α-hetero) is 1. The maximum absolute atomic E-state index is 14.4. The molecule has 0 aliphatic rings. The zero-order valence-electron chi connectivity index (χ0n) is 36.0. The number of imidazole rings is 1. The van der Waals surface area contributed by atoms with Gasteiger partial charge in [0.05, 0.1) is 23.9 Å². The second-order valence-electron chi connectivity index (χ2n) is 16.2. The number of anilines is 2. The van der Waals surface area contributed by atoms with Crippen LogP contribution in [-0.4, -0.2) is 50.8 Å². The molecule has 3 N–H and O–H groups in total. The highest BCUT2D eigenvalue weighted by Crippen LogP contribution is 2.39. The largest absolute Gasteiger partial charge is 0.491 e. The Morgan fingerprint density at radius 3 is 2.11 bits per heavy atom. The van der Waals surface area contributed by atoms with E-state index in [1.807, 2.05) is 19.1 Å². The topological polar surface area (TPSA) is 158 Å². The molecule has 2 amide bonds. The second kappa shape index (κ2) is 19.5. The molecule has 0 bridgehead atoms. The zero-order chi connectivity index (χ0) is 44.6. The number of nitrogens with zero attached hydrogens (tertiary/aromatic N) is 2. The minimum absolute atomic E-state index is 0.00920. The fourth-order valence-corrected chi connectivity index (χ4v) is 6.93. The molecular formula is C48H55ClN4O8. The van der Waals surface area contributed by atoms with Crippen LogP contribution in [0.1, 0.15) is 118 Å². The molecule has 2 atom stereocenters. The predicted molar refractivity (Wildman–Crippen MR) is 239 cm³/mol. The van der Waals surface area contributed by atoms with Gasteiger partial charge in [0.25, 0.3) is 23.6 Å². The number of hydrogen-bond donors (Lipinski definition) is 3. The average Bonchev–Trinajstić information content (AvgIpc) is 3.47. The first-order chi connectivity index (χ1) is 29.0. The highest BCUT2D eigenvalue weighted by atomic mass is 35.5. The van der Waals surface area contributed by atoms with Crippen molar-refractivity contribution in [1.29, 1.82) is 0 Å². The van der Waals surface area contributed by atoms with Crippen molar-refractivity contribution in [2.75, 3.05) is 17.2 Å². The molecule has 5 aromatic rings. The van der Waals surface area contributed by atoms with E-state index in [1.54, 1.807) is 37.3 Å². The van der Waals surface area contributed by atoms with Crippen molar-refractivity contribution in [3.63, 3.8) is 0 Å². The Morgan fingerprint density at radius 2 is 1.51 bits per heavy atom. The summed E-state index contributed by atoms with van der Waals surface area (Å²) in [6, 6.07) is 23.1. The van der Waals surface area contributed by atoms with E-state index < -0.39 is 41.3 Å². The van der Waals surface area contributed by atoms with E-state index in [2.05, 4.69) is 64.3 Å². The molecule has 0 aliphatic heterocycles. The van der Waals surface area contributed by atoms with Gasteiger partial charge in [-0.15, -0.1) is 0 Å². The van der Waals surface area contributed by atoms with Crippen molar-refractivity contribution in [2.45, 2.75) is 104 Å². The molecule has 2 unspecified atom stereocenters. The molecule has 4 aromatic carbocycles. The van der Waals surface area contributed by atoms with Gasteiger partial charge >= 0.3 is 5.69 Å². The van der Waals surface area contributed by atoms with Gasteiger partial charge in [-0.2, -0.15) is 0 Å². The van der Waals surface area contributed by atoms with E-state index >= 15 is 0 Å². The van der Waals surface area contributed by atoms with Crippen LogP contribution in [0, 0.1) is 0 Å². The van der Waals surface area contributed by atoms with Gasteiger partial charge in [-0.1, -0.05) is 127 Å². The van der Waals surface area contributed by atoms with Crippen LogP contribution in [0.3, 0.4) is 0 Å². The molecule has 0 saturated heterocycles. The molecule has 0 radical (unpaired) electrons. The van der Waals surface area contributed by atoms with Gasteiger partial charge < -0.3 is 25.2 Å². The van der Waals surface area contributed by atoms with Crippen LogP contribution >= 0.6 is 11.6 Å². The Morgan fingerprint density at radius 1 is 0.836 bits per heavy atom. The predicted octanol–water partition coefficient (Wildman–Crippen LogP) is 9.50. The number of ketones is 1. The number of ether oxygens (including phenoxy) is 2. The Balaban J connectivity index is 1.48. The summed E-state index contributed by atoms with van der Waals surface area (Å²) in [5, 5.41) is 17.1. The number of hydrogen-bond acceptors (Lipinski definition) is 8. The summed E-state index contributed by atoms with van der Waals surface area (Å²) in [5.74, 6) is -2.69. The number of rotatable bonds is 19. The zero-order valence-corrected chi connectivity index (χ0v) is 36.8. The number of aromatic nitrogens is 2. The Bertz CT molecular complexity index is 2440. The summed E-state index contributed by atoms with van der Waals surface area (Å²) >= 11 is 6.59. The molecular weight excluding hydrogens is 796 g/mol. The molecule has 5 rings (SSSR count). The molecule has 13 heteroatoms. The molecule has 1 heterocycles. The molecule has 0 fully saturated rings. The van der Waals surface area contributed by atoms with Gasteiger partial charge in [-0.25, -0.2) is 9.36 Å². The molecule has 0 spiro atoms. The Labute approximate surface area is 361 Å². The summed E-state index contributed by atoms with van der Waals surface area (Å²) < 4.78 is 14.0. The van der Waals surface area contributed by atoms with Crippen LogP contribution in [0.25, 0.3) is 0 Å².